The van der Waals surface area contributed by atoms with Gasteiger partial charge in [-0.1, -0.05) is 17.3 Å². The predicted molar refractivity (Wildman–Crippen MR) is 65.5 cm³/mol. The van der Waals surface area contributed by atoms with Crippen LogP contribution in [0.15, 0.2) is 22.7 Å². The Labute approximate surface area is 106 Å². The lowest BCUT2D eigenvalue weighted by atomic mass is 10.2. The second-order valence-electron chi connectivity index (χ2n) is 3.65. The zero-order chi connectivity index (χ0) is 12.6. The fourth-order valence-electron chi connectivity index (χ4n) is 1.55. The molecule has 0 atom stereocenters. The number of rotatable bonds is 2. The Kier molecular flexibility index (Phi) is 2.97. The van der Waals surface area contributed by atoms with Gasteiger partial charge in [-0.2, -0.15) is 0 Å². The Morgan fingerprint density at radius 2 is 2.12 bits per heavy atom. The van der Waals surface area contributed by atoms with E-state index in [0.717, 1.165) is 15.7 Å². The average Bonchev–Trinajstić information content (AvgIpc) is 2.64. The molecule has 2 rings (SSSR count). The number of aromatic carboxylic acids is 1. The Balaban J connectivity index is 2.62. The van der Waals surface area contributed by atoms with E-state index in [-0.39, 0.29) is 5.69 Å². The molecule has 0 saturated heterocycles. The maximum atomic E-state index is 10.9. The zero-order valence-corrected chi connectivity index (χ0v) is 10.9. The van der Waals surface area contributed by atoms with Crippen LogP contribution >= 0.6 is 15.9 Å². The molecule has 0 fully saturated rings. The lowest BCUT2D eigenvalue weighted by Gasteiger charge is -2.07. The van der Waals surface area contributed by atoms with Crippen LogP contribution in [0.25, 0.3) is 5.69 Å². The van der Waals surface area contributed by atoms with Crippen molar-refractivity contribution in [2.75, 3.05) is 0 Å². The van der Waals surface area contributed by atoms with Crippen molar-refractivity contribution in [2.24, 2.45) is 0 Å². The van der Waals surface area contributed by atoms with Gasteiger partial charge in [0.1, 0.15) is 0 Å². The van der Waals surface area contributed by atoms with E-state index in [1.165, 1.54) is 4.68 Å². The Morgan fingerprint density at radius 3 is 2.71 bits per heavy atom. The molecule has 1 heterocycles. The van der Waals surface area contributed by atoms with Crippen LogP contribution in [0.5, 0.6) is 0 Å². The predicted octanol–water partition coefficient (Wildman–Crippen LogP) is 2.34. The first kappa shape index (κ1) is 11.8. The van der Waals surface area contributed by atoms with Crippen molar-refractivity contribution < 1.29 is 9.90 Å². The van der Waals surface area contributed by atoms with Gasteiger partial charge in [0.25, 0.3) is 0 Å². The summed E-state index contributed by atoms with van der Waals surface area (Å²) in [4.78, 5) is 10.9. The molecule has 17 heavy (non-hydrogen) atoms. The van der Waals surface area contributed by atoms with E-state index in [4.69, 9.17) is 5.11 Å². The smallest absolute Gasteiger partial charge is 0.358 e. The molecule has 0 radical (unpaired) electrons. The zero-order valence-electron chi connectivity index (χ0n) is 9.31. The number of aromatic nitrogens is 3. The highest BCUT2D eigenvalue weighted by atomic mass is 79.9. The van der Waals surface area contributed by atoms with Gasteiger partial charge in [-0.3, -0.25) is 0 Å². The van der Waals surface area contributed by atoms with Crippen LogP contribution in [0.1, 0.15) is 21.7 Å². The second kappa shape index (κ2) is 4.29. The van der Waals surface area contributed by atoms with Crippen LogP contribution < -0.4 is 0 Å². The first-order valence-electron chi connectivity index (χ1n) is 4.93. The fraction of sp³-hybridized carbons (Fsp3) is 0.182. The maximum Gasteiger partial charge on any atom is 0.358 e. The Morgan fingerprint density at radius 1 is 1.41 bits per heavy atom. The van der Waals surface area contributed by atoms with E-state index in [2.05, 4.69) is 26.2 Å². The summed E-state index contributed by atoms with van der Waals surface area (Å²) in [6.07, 6.45) is 0. The normalized spacial score (nSPS) is 10.5. The molecular formula is C11H10BrN3O2. The molecule has 6 heteroatoms. The molecule has 0 unspecified atom stereocenters. The molecule has 5 nitrogen and oxygen atoms in total. The summed E-state index contributed by atoms with van der Waals surface area (Å²) < 4.78 is 2.39. The van der Waals surface area contributed by atoms with Crippen molar-refractivity contribution in [3.05, 3.63) is 39.6 Å². The van der Waals surface area contributed by atoms with Crippen molar-refractivity contribution >= 4 is 21.9 Å². The van der Waals surface area contributed by atoms with Crippen LogP contribution in [0.3, 0.4) is 0 Å². The Bertz CT molecular complexity index is 592. The van der Waals surface area contributed by atoms with E-state index in [0.29, 0.717) is 5.69 Å². The van der Waals surface area contributed by atoms with Crippen molar-refractivity contribution in [3.63, 3.8) is 0 Å². The molecule has 88 valence electrons. The van der Waals surface area contributed by atoms with Crippen LogP contribution in [0, 0.1) is 13.8 Å². The summed E-state index contributed by atoms with van der Waals surface area (Å²) >= 11 is 3.46. The first-order chi connectivity index (χ1) is 8.02. The number of benzene rings is 1. The fourth-order valence-corrected chi connectivity index (χ4v) is 1.98. The monoisotopic (exact) mass is 295 g/mol. The van der Waals surface area contributed by atoms with Gasteiger partial charge in [0.05, 0.1) is 11.4 Å². The number of hydrogen-bond donors (Lipinski definition) is 1. The highest BCUT2D eigenvalue weighted by Crippen LogP contribution is 2.25. The van der Waals surface area contributed by atoms with Crippen LogP contribution in [0.4, 0.5) is 0 Å². The number of hydrogen-bond acceptors (Lipinski definition) is 3. The minimum absolute atomic E-state index is 0.0293. The third-order valence-corrected chi connectivity index (χ3v) is 3.53. The quantitative estimate of drug-likeness (QED) is 0.923. The third-order valence-electron chi connectivity index (χ3n) is 2.50. The van der Waals surface area contributed by atoms with Crippen LogP contribution in [-0.2, 0) is 0 Å². The molecule has 0 bridgehead atoms. The van der Waals surface area contributed by atoms with Gasteiger partial charge in [-0.25, -0.2) is 9.48 Å². The van der Waals surface area contributed by atoms with Gasteiger partial charge in [0, 0.05) is 4.47 Å². The number of carboxylic acid groups (broad SMARTS) is 1. The molecule has 0 aliphatic carbocycles. The summed E-state index contributed by atoms with van der Waals surface area (Å²) in [5.41, 5.74) is 2.30. The lowest BCUT2D eigenvalue weighted by molar-refractivity contribution is 0.0689. The average molecular weight is 296 g/mol. The van der Waals surface area contributed by atoms with Crippen LogP contribution in [0.2, 0.25) is 0 Å². The Hall–Kier alpha value is -1.69. The lowest BCUT2D eigenvalue weighted by Crippen LogP contribution is -2.03. The molecular weight excluding hydrogens is 286 g/mol. The maximum absolute atomic E-state index is 10.9. The molecule has 2 aromatic rings. The molecule has 0 spiro atoms. The SMILES string of the molecule is Cc1cccc(-n2nnc(C(=O)O)c2C)c1Br. The van der Waals surface area contributed by atoms with E-state index in [9.17, 15) is 4.79 Å². The summed E-state index contributed by atoms with van der Waals surface area (Å²) in [5.74, 6) is -1.07. The number of carboxylic acids is 1. The van der Waals surface area contributed by atoms with Crippen molar-refractivity contribution in [1.29, 1.82) is 0 Å². The van der Waals surface area contributed by atoms with Crippen LogP contribution in [-0.4, -0.2) is 26.1 Å². The first-order valence-corrected chi connectivity index (χ1v) is 5.72. The summed E-state index contributed by atoms with van der Waals surface area (Å²) in [7, 11) is 0. The molecule has 0 saturated carbocycles. The molecule has 1 aromatic heterocycles. The standard InChI is InChI=1S/C11H10BrN3O2/c1-6-4-3-5-8(9(6)12)15-7(2)10(11(16)17)13-14-15/h3-5H,1-2H3,(H,16,17). The number of nitrogens with zero attached hydrogens (tertiary/aromatic N) is 3. The van der Waals surface area contributed by atoms with E-state index >= 15 is 0 Å². The minimum Gasteiger partial charge on any atom is -0.476 e. The summed E-state index contributed by atoms with van der Waals surface area (Å²) in [5, 5.41) is 16.4. The van der Waals surface area contributed by atoms with Gasteiger partial charge in [-0.15, -0.1) is 5.10 Å². The third kappa shape index (κ3) is 1.95. The van der Waals surface area contributed by atoms with E-state index in [1.54, 1.807) is 6.92 Å². The number of carbonyl (C=O) groups is 1. The molecule has 1 N–H and O–H groups in total. The topological polar surface area (TPSA) is 68.0 Å². The largest absolute Gasteiger partial charge is 0.476 e. The van der Waals surface area contributed by atoms with Crippen molar-refractivity contribution in [3.8, 4) is 5.69 Å². The summed E-state index contributed by atoms with van der Waals surface area (Å²) in [6, 6.07) is 5.69. The van der Waals surface area contributed by atoms with Gasteiger partial charge < -0.3 is 5.11 Å². The highest BCUT2D eigenvalue weighted by Gasteiger charge is 2.17. The van der Waals surface area contributed by atoms with Crippen molar-refractivity contribution in [1.82, 2.24) is 15.0 Å². The van der Waals surface area contributed by atoms with Crippen molar-refractivity contribution in [2.45, 2.75) is 13.8 Å². The van der Waals surface area contributed by atoms with E-state index < -0.39 is 5.97 Å². The number of aryl methyl sites for hydroxylation is 1. The summed E-state index contributed by atoms with van der Waals surface area (Å²) in [6.45, 7) is 3.64. The molecule has 0 aliphatic heterocycles. The van der Waals surface area contributed by atoms with E-state index in [1.807, 2.05) is 25.1 Å². The molecule has 0 aliphatic rings. The number of halogens is 1. The van der Waals surface area contributed by atoms with Gasteiger partial charge in [-0.05, 0) is 41.4 Å². The molecule has 1 aromatic carbocycles. The van der Waals surface area contributed by atoms with Gasteiger partial charge in [0.15, 0.2) is 5.69 Å². The van der Waals surface area contributed by atoms with Gasteiger partial charge in [0.2, 0.25) is 0 Å². The molecule has 0 amide bonds. The van der Waals surface area contributed by atoms with Gasteiger partial charge >= 0.3 is 5.97 Å². The highest BCUT2D eigenvalue weighted by molar-refractivity contribution is 9.10. The second-order valence-corrected chi connectivity index (χ2v) is 4.44. The minimum atomic E-state index is -1.07.